The summed E-state index contributed by atoms with van der Waals surface area (Å²) in [5.74, 6) is 1.46. The van der Waals surface area contributed by atoms with Crippen LogP contribution in [0.1, 0.15) is 37.0 Å². The molecule has 0 spiro atoms. The van der Waals surface area contributed by atoms with Crippen LogP contribution in [-0.4, -0.2) is 49.5 Å². The van der Waals surface area contributed by atoms with Gasteiger partial charge in [-0.2, -0.15) is 9.29 Å². The van der Waals surface area contributed by atoms with Crippen molar-refractivity contribution in [2.45, 2.75) is 31.1 Å². The van der Waals surface area contributed by atoms with Crippen LogP contribution >= 0.6 is 0 Å². The van der Waals surface area contributed by atoms with E-state index in [4.69, 9.17) is 9.26 Å². The molecule has 32 heavy (non-hydrogen) atoms. The monoisotopic (exact) mass is 458 g/mol. The number of likely N-dealkylation sites (N-methyl/N-ethyl adjacent to an activating group) is 1. The van der Waals surface area contributed by atoms with Gasteiger partial charge in [-0.05, 0) is 42.0 Å². The largest absolute Gasteiger partial charge is 0.497 e. The second-order valence-corrected chi connectivity index (χ2v) is 9.61. The second-order valence-electron chi connectivity index (χ2n) is 7.56. The number of carbonyl (C=O) groups is 1. The smallest absolute Gasteiger partial charge is 0.243 e. The Bertz CT molecular complexity index is 1160. The minimum Gasteiger partial charge on any atom is -0.497 e. The lowest BCUT2D eigenvalue weighted by atomic mass is 10.1. The Labute approximate surface area is 187 Å². The molecule has 0 aliphatic rings. The van der Waals surface area contributed by atoms with Crippen molar-refractivity contribution >= 4 is 21.6 Å². The summed E-state index contributed by atoms with van der Waals surface area (Å²) >= 11 is 0. The molecule has 1 aromatic heterocycles. The van der Waals surface area contributed by atoms with E-state index in [9.17, 15) is 13.2 Å². The van der Waals surface area contributed by atoms with Gasteiger partial charge in [-0.1, -0.05) is 31.1 Å². The van der Waals surface area contributed by atoms with Gasteiger partial charge in [-0.3, -0.25) is 4.79 Å². The summed E-state index contributed by atoms with van der Waals surface area (Å²) in [5.41, 5.74) is 1.52. The van der Waals surface area contributed by atoms with Crippen LogP contribution in [0.2, 0.25) is 0 Å². The van der Waals surface area contributed by atoms with Crippen molar-refractivity contribution in [2.24, 2.45) is 0 Å². The number of hydrogen-bond acceptors (Lipinski definition) is 7. The lowest BCUT2D eigenvalue weighted by Gasteiger charge is -2.17. The predicted octanol–water partition coefficient (Wildman–Crippen LogP) is 3.05. The number of amides is 1. The Morgan fingerprint density at radius 1 is 1.12 bits per heavy atom. The van der Waals surface area contributed by atoms with E-state index in [1.165, 1.54) is 26.3 Å². The van der Waals surface area contributed by atoms with Crippen LogP contribution < -0.4 is 10.1 Å². The highest BCUT2D eigenvalue weighted by Crippen LogP contribution is 2.19. The van der Waals surface area contributed by atoms with Gasteiger partial charge in [0.25, 0.3) is 0 Å². The summed E-state index contributed by atoms with van der Waals surface area (Å²) in [6, 6.07) is 13.2. The Hall–Kier alpha value is -3.24. The number of hydrogen-bond donors (Lipinski definition) is 1. The summed E-state index contributed by atoms with van der Waals surface area (Å²) < 4.78 is 36.6. The number of anilines is 1. The zero-order valence-corrected chi connectivity index (χ0v) is 19.2. The maximum atomic E-state index is 12.7. The highest BCUT2D eigenvalue weighted by Gasteiger charge is 2.23. The van der Waals surface area contributed by atoms with Crippen LogP contribution in [0.5, 0.6) is 5.75 Å². The predicted molar refractivity (Wildman–Crippen MR) is 119 cm³/mol. The van der Waals surface area contributed by atoms with Gasteiger partial charge >= 0.3 is 0 Å². The molecule has 0 saturated carbocycles. The Balaban J connectivity index is 1.57. The average molecular weight is 459 g/mol. The molecule has 0 fully saturated rings. The number of ether oxygens (including phenoxy) is 1. The molecule has 10 heteroatoms. The SMILES string of the molecule is COc1ccc(S(=O)(=O)N(C)CC(=O)Nc2ccc(Cc3noc(C(C)C)n3)cc2)cc1. The molecule has 2 aromatic carbocycles. The topological polar surface area (TPSA) is 115 Å². The number of aromatic nitrogens is 2. The fourth-order valence-corrected chi connectivity index (χ4v) is 4.00. The molecule has 0 aliphatic heterocycles. The maximum absolute atomic E-state index is 12.7. The molecule has 0 unspecified atom stereocenters. The number of nitrogens with one attached hydrogen (secondary N) is 1. The molecule has 1 amide bonds. The minimum atomic E-state index is -3.80. The molecule has 9 nitrogen and oxygen atoms in total. The standard InChI is InChI=1S/C22H26N4O5S/c1-15(2)22-24-20(25-31-22)13-16-5-7-17(8-6-16)23-21(27)14-26(3)32(28,29)19-11-9-18(30-4)10-12-19/h5-12,15H,13-14H2,1-4H3,(H,23,27). The average Bonchev–Trinajstić information content (AvgIpc) is 3.24. The van der Waals surface area contributed by atoms with Gasteiger partial charge in [-0.15, -0.1) is 0 Å². The van der Waals surface area contributed by atoms with Crippen molar-refractivity contribution in [1.29, 1.82) is 0 Å². The summed E-state index contributed by atoms with van der Waals surface area (Å²) in [6.45, 7) is 3.64. The van der Waals surface area contributed by atoms with Crippen LogP contribution in [0.4, 0.5) is 5.69 Å². The van der Waals surface area contributed by atoms with Crippen LogP contribution in [0.3, 0.4) is 0 Å². The number of methoxy groups -OCH3 is 1. The molecule has 0 radical (unpaired) electrons. The van der Waals surface area contributed by atoms with E-state index in [0.717, 1.165) is 9.87 Å². The molecule has 0 saturated heterocycles. The van der Waals surface area contributed by atoms with Crippen molar-refractivity contribution in [3.05, 3.63) is 65.8 Å². The van der Waals surface area contributed by atoms with Crippen LogP contribution in [0.25, 0.3) is 0 Å². The molecule has 1 heterocycles. The molecular weight excluding hydrogens is 432 g/mol. The van der Waals surface area contributed by atoms with E-state index < -0.39 is 15.9 Å². The summed E-state index contributed by atoms with van der Waals surface area (Å²) in [7, 11) is -0.943. The third-order valence-electron chi connectivity index (χ3n) is 4.71. The highest BCUT2D eigenvalue weighted by atomic mass is 32.2. The fraction of sp³-hybridized carbons (Fsp3) is 0.318. The van der Waals surface area contributed by atoms with Crippen LogP contribution in [-0.2, 0) is 21.2 Å². The first-order chi connectivity index (χ1) is 15.2. The number of rotatable bonds is 9. The molecule has 3 aromatic rings. The zero-order chi connectivity index (χ0) is 23.3. The summed E-state index contributed by atoms with van der Waals surface area (Å²) in [4.78, 5) is 16.8. The van der Waals surface area contributed by atoms with Gasteiger partial charge in [0, 0.05) is 25.1 Å². The van der Waals surface area contributed by atoms with E-state index in [-0.39, 0.29) is 17.4 Å². The van der Waals surface area contributed by atoms with Gasteiger partial charge in [0.05, 0.1) is 18.6 Å². The first-order valence-electron chi connectivity index (χ1n) is 10.0. The van der Waals surface area contributed by atoms with Crippen LogP contribution in [0, 0.1) is 0 Å². The van der Waals surface area contributed by atoms with E-state index in [1.807, 2.05) is 26.0 Å². The third-order valence-corrected chi connectivity index (χ3v) is 6.53. The van der Waals surface area contributed by atoms with Crippen molar-refractivity contribution in [3.63, 3.8) is 0 Å². The first-order valence-corrected chi connectivity index (χ1v) is 11.4. The summed E-state index contributed by atoms with van der Waals surface area (Å²) in [5, 5.41) is 6.68. The second kappa shape index (κ2) is 9.92. The quantitative estimate of drug-likeness (QED) is 0.524. The molecule has 0 atom stereocenters. The van der Waals surface area contributed by atoms with E-state index in [0.29, 0.717) is 29.6 Å². The maximum Gasteiger partial charge on any atom is 0.243 e. The fourth-order valence-electron chi connectivity index (χ4n) is 2.88. The number of sulfonamides is 1. The normalized spacial score (nSPS) is 11.7. The van der Waals surface area contributed by atoms with Crippen molar-refractivity contribution in [3.8, 4) is 5.75 Å². The third kappa shape index (κ3) is 5.71. The minimum absolute atomic E-state index is 0.0834. The molecule has 1 N–H and O–H groups in total. The van der Waals surface area contributed by atoms with E-state index >= 15 is 0 Å². The Morgan fingerprint density at radius 2 is 1.78 bits per heavy atom. The van der Waals surface area contributed by atoms with Gasteiger partial charge in [0.15, 0.2) is 5.82 Å². The molecular formula is C22H26N4O5S. The number of benzene rings is 2. The van der Waals surface area contributed by atoms with Gasteiger partial charge in [-0.25, -0.2) is 8.42 Å². The van der Waals surface area contributed by atoms with E-state index in [1.54, 1.807) is 24.3 Å². The lowest BCUT2D eigenvalue weighted by Crippen LogP contribution is -2.34. The number of nitrogens with zero attached hydrogens (tertiary/aromatic N) is 3. The van der Waals surface area contributed by atoms with Gasteiger partial charge in [0.1, 0.15) is 5.75 Å². The van der Waals surface area contributed by atoms with E-state index in [2.05, 4.69) is 15.5 Å². The zero-order valence-electron chi connectivity index (χ0n) is 18.4. The van der Waals surface area contributed by atoms with Gasteiger partial charge in [0.2, 0.25) is 21.8 Å². The molecule has 0 bridgehead atoms. The van der Waals surface area contributed by atoms with Gasteiger partial charge < -0.3 is 14.6 Å². The Kier molecular flexibility index (Phi) is 7.26. The highest BCUT2D eigenvalue weighted by molar-refractivity contribution is 7.89. The molecule has 0 aliphatic carbocycles. The van der Waals surface area contributed by atoms with Crippen LogP contribution in [0.15, 0.2) is 57.9 Å². The first kappa shape index (κ1) is 23.4. The lowest BCUT2D eigenvalue weighted by molar-refractivity contribution is -0.116. The van der Waals surface area contributed by atoms with Crippen molar-refractivity contribution in [1.82, 2.24) is 14.4 Å². The molecule has 3 rings (SSSR count). The number of carbonyl (C=O) groups excluding carboxylic acids is 1. The Morgan fingerprint density at radius 3 is 2.34 bits per heavy atom. The molecule has 170 valence electrons. The van der Waals surface area contributed by atoms with Crippen molar-refractivity contribution < 1.29 is 22.5 Å². The summed E-state index contributed by atoms with van der Waals surface area (Å²) in [6.07, 6.45) is 0.507. The van der Waals surface area contributed by atoms with Crippen molar-refractivity contribution in [2.75, 3.05) is 26.0 Å².